The van der Waals surface area contributed by atoms with Gasteiger partial charge in [-0.25, -0.2) is 0 Å². The molecule has 0 aliphatic heterocycles. The zero-order valence-corrected chi connectivity index (χ0v) is 17.2. The van der Waals surface area contributed by atoms with Crippen LogP contribution in [0.2, 0.25) is 0 Å². The molecule has 30 heavy (non-hydrogen) atoms. The summed E-state index contributed by atoms with van der Waals surface area (Å²) in [4.78, 5) is 17.4. The summed E-state index contributed by atoms with van der Waals surface area (Å²) in [5.74, 6) is 1.96. The number of ether oxygens (including phenoxy) is 3. The van der Waals surface area contributed by atoms with Crippen molar-refractivity contribution in [2.45, 2.75) is 6.17 Å². The molecule has 1 unspecified atom stereocenters. The van der Waals surface area contributed by atoms with Crippen molar-refractivity contribution < 1.29 is 19.0 Å². The van der Waals surface area contributed by atoms with E-state index >= 15 is 0 Å². The number of carbonyl (C=O) groups excluding carboxylic acids is 1. The van der Waals surface area contributed by atoms with Crippen LogP contribution in [0.15, 0.2) is 77.8 Å². The SMILES string of the molecule is COc1ccc(C=NC(NC(=O)c2ccc(OC)cc2)c2ccc(OC)cc2)cc1. The number of nitrogens with zero attached hydrogens (tertiary/aromatic N) is 1. The van der Waals surface area contributed by atoms with Gasteiger partial charge >= 0.3 is 0 Å². The van der Waals surface area contributed by atoms with E-state index < -0.39 is 6.17 Å². The topological polar surface area (TPSA) is 69.2 Å². The van der Waals surface area contributed by atoms with Crippen molar-refractivity contribution in [2.24, 2.45) is 4.99 Å². The minimum Gasteiger partial charge on any atom is -0.497 e. The van der Waals surface area contributed by atoms with Gasteiger partial charge in [0.1, 0.15) is 23.4 Å². The standard InChI is InChI=1S/C24H24N2O4/c1-28-20-10-4-17(5-11-20)16-25-23(18-6-12-21(29-2)13-7-18)26-24(27)19-8-14-22(30-3)15-9-19/h4-16,23H,1-3H3,(H,26,27). The Morgan fingerprint density at radius 1 is 0.767 bits per heavy atom. The molecule has 0 spiro atoms. The fourth-order valence-corrected chi connectivity index (χ4v) is 2.79. The van der Waals surface area contributed by atoms with Crippen molar-refractivity contribution in [3.8, 4) is 17.2 Å². The third-order valence-electron chi connectivity index (χ3n) is 4.54. The molecule has 1 N–H and O–H groups in total. The van der Waals surface area contributed by atoms with Crippen molar-refractivity contribution in [3.05, 3.63) is 89.5 Å². The first kappa shape index (κ1) is 20.9. The van der Waals surface area contributed by atoms with Gasteiger partial charge in [0.15, 0.2) is 0 Å². The lowest BCUT2D eigenvalue weighted by Gasteiger charge is -2.16. The molecular weight excluding hydrogens is 380 g/mol. The van der Waals surface area contributed by atoms with E-state index in [-0.39, 0.29) is 5.91 Å². The third-order valence-corrected chi connectivity index (χ3v) is 4.54. The van der Waals surface area contributed by atoms with Crippen molar-refractivity contribution in [1.82, 2.24) is 5.32 Å². The molecule has 0 saturated carbocycles. The monoisotopic (exact) mass is 404 g/mol. The Labute approximate surface area is 176 Å². The minimum atomic E-state index is -0.562. The summed E-state index contributed by atoms with van der Waals surface area (Å²) < 4.78 is 15.6. The van der Waals surface area contributed by atoms with Gasteiger partial charge in [0.05, 0.1) is 21.3 Å². The maximum absolute atomic E-state index is 12.8. The second kappa shape index (κ2) is 10.1. The highest BCUT2D eigenvalue weighted by Crippen LogP contribution is 2.20. The van der Waals surface area contributed by atoms with Crippen LogP contribution in [-0.2, 0) is 0 Å². The molecule has 0 aliphatic carbocycles. The van der Waals surface area contributed by atoms with E-state index in [1.807, 2.05) is 48.5 Å². The van der Waals surface area contributed by atoms with Crippen LogP contribution >= 0.6 is 0 Å². The lowest BCUT2D eigenvalue weighted by atomic mass is 10.1. The van der Waals surface area contributed by atoms with E-state index in [1.165, 1.54) is 0 Å². The fraction of sp³-hybridized carbons (Fsp3) is 0.167. The molecule has 3 rings (SSSR count). The molecule has 0 saturated heterocycles. The molecule has 6 heteroatoms. The summed E-state index contributed by atoms with van der Waals surface area (Å²) >= 11 is 0. The largest absolute Gasteiger partial charge is 0.497 e. The molecule has 3 aromatic carbocycles. The van der Waals surface area contributed by atoms with Gasteiger partial charge in [-0.15, -0.1) is 0 Å². The lowest BCUT2D eigenvalue weighted by molar-refractivity contribution is 0.0938. The Balaban J connectivity index is 1.83. The van der Waals surface area contributed by atoms with Crippen molar-refractivity contribution in [1.29, 1.82) is 0 Å². The molecule has 0 aliphatic rings. The van der Waals surface area contributed by atoms with Crippen molar-refractivity contribution in [2.75, 3.05) is 21.3 Å². The molecule has 3 aromatic rings. The zero-order valence-electron chi connectivity index (χ0n) is 17.2. The van der Waals surface area contributed by atoms with Gasteiger partial charge < -0.3 is 19.5 Å². The summed E-state index contributed by atoms with van der Waals surface area (Å²) in [6.07, 6.45) is 1.16. The first-order chi connectivity index (χ1) is 14.6. The summed E-state index contributed by atoms with van der Waals surface area (Å²) in [5, 5.41) is 2.97. The Morgan fingerprint density at radius 3 is 1.73 bits per heavy atom. The smallest absolute Gasteiger partial charge is 0.253 e. The molecule has 0 radical (unpaired) electrons. The summed E-state index contributed by atoms with van der Waals surface area (Å²) in [7, 11) is 4.82. The van der Waals surface area contributed by atoms with E-state index in [1.54, 1.807) is 51.8 Å². The van der Waals surface area contributed by atoms with Crippen LogP contribution in [0.3, 0.4) is 0 Å². The molecular formula is C24H24N2O4. The zero-order chi connectivity index (χ0) is 21.3. The Hall–Kier alpha value is -3.80. The minimum absolute atomic E-state index is 0.231. The third kappa shape index (κ3) is 5.38. The molecule has 0 heterocycles. The number of hydrogen-bond acceptors (Lipinski definition) is 5. The highest BCUT2D eigenvalue weighted by atomic mass is 16.5. The first-order valence-corrected chi connectivity index (χ1v) is 9.39. The van der Waals surface area contributed by atoms with Gasteiger partial charge in [-0.3, -0.25) is 9.79 Å². The number of carbonyl (C=O) groups is 1. The van der Waals surface area contributed by atoms with Gasteiger partial charge in [0, 0.05) is 11.8 Å². The van der Waals surface area contributed by atoms with Crippen LogP contribution in [0.4, 0.5) is 0 Å². The lowest BCUT2D eigenvalue weighted by Crippen LogP contribution is -2.27. The van der Waals surface area contributed by atoms with E-state index in [2.05, 4.69) is 10.3 Å². The van der Waals surface area contributed by atoms with Crippen molar-refractivity contribution in [3.63, 3.8) is 0 Å². The number of amides is 1. The molecule has 1 amide bonds. The molecule has 0 aromatic heterocycles. The van der Waals surface area contributed by atoms with Gasteiger partial charge in [-0.1, -0.05) is 12.1 Å². The molecule has 154 valence electrons. The number of hydrogen-bond donors (Lipinski definition) is 1. The van der Waals surface area contributed by atoms with E-state index in [0.29, 0.717) is 11.3 Å². The fourth-order valence-electron chi connectivity index (χ4n) is 2.79. The first-order valence-electron chi connectivity index (χ1n) is 9.39. The Morgan fingerprint density at radius 2 is 1.23 bits per heavy atom. The average Bonchev–Trinajstić information content (AvgIpc) is 2.82. The maximum atomic E-state index is 12.8. The summed E-state index contributed by atoms with van der Waals surface area (Å²) in [6, 6.07) is 21.9. The normalized spacial score (nSPS) is 11.7. The predicted octanol–water partition coefficient (Wildman–Crippen LogP) is 4.26. The van der Waals surface area contributed by atoms with E-state index in [9.17, 15) is 4.79 Å². The van der Waals surface area contributed by atoms with E-state index in [0.717, 1.165) is 22.6 Å². The number of nitrogens with one attached hydrogen (secondary N) is 1. The highest BCUT2D eigenvalue weighted by Gasteiger charge is 2.15. The quantitative estimate of drug-likeness (QED) is 0.570. The molecule has 1 atom stereocenters. The Bertz CT molecular complexity index is 981. The summed E-state index contributed by atoms with van der Waals surface area (Å²) in [6.45, 7) is 0. The second-order valence-corrected chi connectivity index (χ2v) is 6.43. The van der Waals surface area contributed by atoms with Crippen LogP contribution in [0.5, 0.6) is 17.2 Å². The predicted molar refractivity (Wildman–Crippen MR) is 117 cm³/mol. The van der Waals surface area contributed by atoms with Crippen LogP contribution in [0, 0.1) is 0 Å². The highest BCUT2D eigenvalue weighted by molar-refractivity contribution is 5.94. The number of methoxy groups -OCH3 is 3. The second-order valence-electron chi connectivity index (χ2n) is 6.43. The maximum Gasteiger partial charge on any atom is 0.253 e. The summed E-state index contributed by atoms with van der Waals surface area (Å²) in [5.41, 5.74) is 2.25. The number of benzene rings is 3. The van der Waals surface area contributed by atoms with Gasteiger partial charge in [0.2, 0.25) is 0 Å². The van der Waals surface area contributed by atoms with Crippen LogP contribution in [0.1, 0.15) is 27.7 Å². The van der Waals surface area contributed by atoms with Crippen molar-refractivity contribution >= 4 is 12.1 Å². The van der Waals surface area contributed by atoms with Gasteiger partial charge in [-0.05, 0) is 71.8 Å². The Kier molecular flexibility index (Phi) is 7.05. The molecule has 0 bridgehead atoms. The average molecular weight is 404 g/mol. The molecule has 6 nitrogen and oxygen atoms in total. The van der Waals surface area contributed by atoms with Gasteiger partial charge in [-0.2, -0.15) is 0 Å². The number of rotatable bonds is 8. The van der Waals surface area contributed by atoms with E-state index in [4.69, 9.17) is 14.2 Å². The van der Waals surface area contributed by atoms with Crippen LogP contribution < -0.4 is 19.5 Å². The number of aliphatic imine (C=N–C) groups is 1. The van der Waals surface area contributed by atoms with Gasteiger partial charge in [0.25, 0.3) is 5.91 Å². The van der Waals surface area contributed by atoms with Crippen LogP contribution in [0.25, 0.3) is 0 Å². The molecule has 0 fully saturated rings. The van der Waals surface area contributed by atoms with Crippen LogP contribution in [-0.4, -0.2) is 33.5 Å².